The van der Waals surface area contributed by atoms with Crippen molar-refractivity contribution in [3.63, 3.8) is 0 Å². The molecular formula is C52H35N5O. The molecule has 10 aromatic rings. The maximum absolute atomic E-state index is 6.23. The molecule has 0 aliphatic rings. The van der Waals surface area contributed by atoms with Crippen LogP contribution in [0.1, 0.15) is 12.5 Å². The van der Waals surface area contributed by atoms with Crippen LogP contribution >= 0.6 is 0 Å². The van der Waals surface area contributed by atoms with Gasteiger partial charge in [0.1, 0.15) is 11.2 Å². The minimum absolute atomic E-state index is 0.563. The third kappa shape index (κ3) is 6.63. The molecule has 0 saturated carbocycles. The molecule has 0 amide bonds. The van der Waals surface area contributed by atoms with E-state index in [-0.39, 0.29) is 0 Å². The number of hydrogen-bond donors (Lipinski definition) is 0. The second-order valence-electron chi connectivity index (χ2n) is 14.0. The van der Waals surface area contributed by atoms with E-state index in [0.717, 1.165) is 88.4 Å². The molecule has 0 bridgehead atoms. The van der Waals surface area contributed by atoms with Gasteiger partial charge < -0.3 is 4.42 Å². The number of allylic oxidation sites excluding steroid dienone is 5. The molecule has 10 rings (SSSR count). The lowest BCUT2D eigenvalue weighted by Crippen LogP contribution is -2.00. The number of furan rings is 1. The van der Waals surface area contributed by atoms with Crippen LogP contribution in [0.25, 0.3) is 106 Å². The normalized spacial score (nSPS) is 12.0. The van der Waals surface area contributed by atoms with Crippen molar-refractivity contribution in [2.24, 2.45) is 0 Å². The van der Waals surface area contributed by atoms with Crippen LogP contribution in [0.15, 0.2) is 193 Å². The topological polar surface area (TPSA) is 77.6 Å². The highest BCUT2D eigenvalue weighted by Crippen LogP contribution is 2.38. The number of para-hydroxylation sites is 1. The van der Waals surface area contributed by atoms with Crippen LogP contribution in [-0.4, -0.2) is 24.9 Å². The molecule has 0 radical (unpaired) electrons. The molecule has 6 nitrogen and oxygen atoms in total. The van der Waals surface area contributed by atoms with E-state index < -0.39 is 0 Å². The summed E-state index contributed by atoms with van der Waals surface area (Å²) >= 11 is 0. The lowest BCUT2D eigenvalue weighted by Gasteiger charge is -2.14. The van der Waals surface area contributed by atoms with E-state index in [1.165, 1.54) is 0 Å². The molecule has 0 unspecified atom stereocenters. The van der Waals surface area contributed by atoms with E-state index in [9.17, 15) is 0 Å². The number of nitrogens with zero attached hydrogens (tertiary/aromatic N) is 5. The minimum Gasteiger partial charge on any atom is -0.456 e. The lowest BCUT2D eigenvalue weighted by atomic mass is 9.95. The number of benzene rings is 6. The van der Waals surface area contributed by atoms with Crippen molar-refractivity contribution in [3.8, 4) is 56.5 Å². The Bertz CT molecular complexity index is 3180. The van der Waals surface area contributed by atoms with Crippen molar-refractivity contribution in [2.75, 3.05) is 0 Å². The molecule has 6 heteroatoms. The van der Waals surface area contributed by atoms with Crippen LogP contribution in [0.5, 0.6) is 0 Å². The zero-order valence-electron chi connectivity index (χ0n) is 31.6. The Morgan fingerprint density at radius 3 is 1.88 bits per heavy atom. The van der Waals surface area contributed by atoms with Crippen molar-refractivity contribution in [3.05, 3.63) is 194 Å². The summed E-state index contributed by atoms with van der Waals surface area (Å²) in [5.41, 5.74) is 10.8. The first kappa shape index (κ1) is 34.6. The first-order valence-electron chi connectivity index (χ1n) is 19.3. The van der Waals surface area contributed by atoms with Gasteiger partial charge in [0.05, 0.1) is 16.7 Å². The second-order valence-corrected chi connectivity index (χ2v) is 14.0. The summed E-state index contributed by atoms with van der Waals surface area (Å²) in [6.07, 6.45) is 14.1. The first-order valence-corrected chi connectivity index (χ1v) is 19.3. The highest BCUT2D eigenvalue weighted by atomic mass is 16.3. The van der Waals surface area contributed by atoms with Crippen LogP contribution in [0.4, 0.5) is 0 Å². The molecule has 0 atom stereocenters. The average molecular weight is 746 g/mol. The molecule has 4 aromatic heterocycles. The molecule has 0 aliphatic carbocycles. The summed E-state index contributed by atoms with van der Waals surface area (Å²) in [4.78, 5) is 25.4. The van der Waals surface area contributed by atoms with E-state index in [1.807, 2.05) is 122 Å². The molecule has 0 saturated heterocycles. The third-order valence-corrected chi connectivity index (χ3v) is 10.3. The third-order valence-electron chi connectivity index (χ3n) is 10.3. The van der Waals surface area contributed by atoms with Crippen LogP contribution < -0.4 is 0 Å². The SMILES string of the molecule is C\C=C/C=C\C=C\c1cc(-c2cc(-c3ccc4oc5ccccc5c4c3)cc(-c3nc(-c4ccccc4)nc(-c4ccccc4)n3)c2)nc2c1ccc1cccnc12. The summed E-state index contributed by atoms with van der Waals surface area (Å²) < 4.78 is 6.23. The van der Waals surface area contributed by atoms with Crippen molar-refractivity contribution in [2.45, 2.75) is 6.92 Å². The molecule has 274 valence electrons. The fourth-order valence-corrected chi connectivity index (χ4v) is 7.45. The molecule has 0 fully saturated rings. The highest BCUT2D eigenvalue weighted by Gasteiger charge is 2.18. The Labute approximate surface area is 335 Å². The van der Waals surface area contributed by atoms with Crippen molar-refractivity contribution < 1.29 is 4.42 Å². The quantitative estimate of drug-likeness (QED) is 0.114. The van der Waals surface area contributed by atoms with Gasteiger partial charge in [0.2, 0.25) is 0 Å². The highest BCUT2D eigenvalue weighted by molar-refractivity contribution is 6.07. The van der Waals surface area contributed by atoms with Crippen LogP contribution in [0.3, 0.4) is 0 Å². The molecule has 0 N–H and O–H groups in total. The molecular weight excluding hydrogens is 711 g/mol. The lowest BCUT2D eigenvalue weighted by molar-refractivity contribution is 0.669. The van der Waals surface area contributed by atoms with Gasteiger partial charge in [0, 0.05) is 50.0 Å². The Hall–Kier alpha value is -7.83. The maximum Gasteiger partial charge on any atom is 0.164 e. The number of pyridine rings is 2. The van der Waals surface area contributed by atoms with Gasteiger partial charge >= 0.3 is 0 Å². The maximum atomic E-state index is 6.23. The van der Waals surface area contributed by atoms with E-state index in [0.29, 0.717) is 17.5 Å². The summed E-state index contributed by atoms with van der Waals surface area (Å²) in [5, 5.41) is 4.18. The minimum atomic E-state index is 0.563. The van der Waals surface area contributed by atoms with Gasteiger partial charge in [-0.2, -0.15) is 0 Å². The Kier molecular flexibility index (Phi) is 8.97. The Morgan fingerprint density at radius 2 is 1.10 bits per heavy atom. The summed E-state index contributed by atoms with van der Waals surface area (Å²) in [6.45, 7) is 2.01. The molecule has 0 aliphatic heterocycles. The van der Waals surface area contributed by atoms with Crippen molar-refractivity contribution in [1.29, 1.82) is 0 Å². The smallest absolute Gasteiger partial charge is 0.164 e. The van der Waals surface area contributed by atoms with Gasteiger partial charge in [-0.25, -0.2) is 19.9 Å². The Balaban J connectivity index is 1.23. The van der Waals surface area contributed by atoms with Crippen molar-refractivity contribution >= 4 is 49.8 Å². The second kappa shape index (κ2) is 15.0. The molecule has 6 aromatic carbocycles. The molecule has 4 heterocycles. The number of fused-ring (bicyclic) bond motifs is 6. The van der Waals surface area contributed by atoms with Gasteiger partial charge in [0.15, 0.2) is 17.5 Å². The zero-order valence-corrected chi connectivity index (χ0v) is 31.6. The largest absolute Gasteiger partial charge is 0.456 e. The summed E-state index contributed by atoms with van der Waals surface area (Å²) in [7, 11) is 0. The first-order chi connectivity index (χ1) is 28.7. The van der Waals surface area contributed by atoms with Gasteiger partial charge in [0.25, 0.3) is 0 Å². The monoisotopic (exact) mass is 745 g/mol. The summed E-state index contributed by atoms with van der Waals surface area (Å²) in [6, 6.07) is 51.6. The van der Waals surface area contributed by atoms with Crippen LogP contribution in [0.2, 0.25) is 0 Å². The molecule has 58 heavy (non-hydrogen) atoms. The van der Waals surface area contributed by atoms with Gasteiger partial charge in [-0.05, 0) is 72.1 Å². The number of aromatic nitrogens is 5. The Morgan fingerprint density at radius 1 is 0.431 bits per heavy atom. The predicted octanol–water partition coefficient (Wildman–Crippen LogP) is 13.3. The summed E-state index contributed by atoms with van der Waals surface area (Å²) in [5.74, 6) is 1.76. The van der Waals surface area contributed by atoms with Crippen LogP contribution in [-0.2, 0) is 0 Å². The standard InChI is InChI=1S/C52H35N5O/c1-2-3-4-5-8-20-38-33-45(54-49-42(38)26-24-34-21-15-28-53-48(34)49)40-29-39(37-25-27-47-44(32-37)43-22-13-14-23-46(43)58-47)30-41(31-40)52-56-50(35-16-9-6-10-17-35)55-51(57-52)36-18-11-7-12-19-36/h2-33H,1H3/b3-2-,5-4-,20-8+. The number of hydrogen-bond acceptors (Lipinski definition) is 6. The van der Waals surface area contributed by atoms with E-state index in [2.05, 4.69) is 78.9 Å². The van der Waals surface area contributed by atoms with E-state index >= 15 is 0 Å². The fraction of sp³-hybridized carbons (Fsp3) is 0.0192. The van der Waals surface area contributed by atoms with Crippen molar-refractivity contribution in [1.82, 2.24) is 24.9 Å². The fourth-order valence-electron chi connectivity index (χ4n) is 7.45. The van der Waals surface area contributed by atoms with Crippen LogP contribution in [0, 0.1) is 0 Å². The van der Waals surface area contributed by atoms with Gasteiger partial charge in [-0.15, -0.1) is 0 Å². The number of rotatable bonds is 8. The predicted molar refractivity (Wildman–Crippen MR) is 238 cm³/mol. The zero-order chi connectivity index (χ0) is 38.8. The van der Waals surface area contributed by atoms with Gasteiger partial charge in [-0.3, -0.25) is 4.98 Å². The molecule has 0 spiro atoms. The van der Waals surface area contributed by atoms with E-state index in [1.54, 1.807) is 0 Å². The average Bonchev–Trinajstić information content (AvgIpc) is 3.67. The van der Waals surface area contributed by atoms with E-state index in [4.69, 9.17) is 29.3 Å². The van der Waals surface area contributed by atoms with Gasteiger partial charge in [-0.1, -0.05) is 140 Å².